The molecule has 0 unspecified atom stereocenters. The maximum absolute atomic E-state index is 12.1. The quantitative estimate of drug-likeness (QED) is 0.734. The number of hydrogen-bond acceptors (Lipinski definition) is 3. The summed E-state index contributed by atoms with van der Waals surface area (Å²) < 4.78 is 10.4. The largest absolute Gasteiger partial charge is 0.497 e. The van der Waals surface area contributed by atoms with E-state index in [-0.39, 0.29) is 5.78 Å². The fourth-order valence-electron chi connectivity index (χ4n) is 2.10. The standard InChI is InChI=1S/C14H18O3/c1-16-11-6-7-12(14(9-11)17-2)13(15)8-10-4-3-5-10/h6-7,9-10H,3-5,8H2,1-2H3. The molecule has 92 valence electrons. The molecule has 0 atom stereocenters. The fraction of sp³-hybridized carbons (Fsp3) is 0.500. The second kappa shape index (κ2) is 5.21. The molecule has 0 saturated heterocycles. The van der Waals surface area contributed by atoms with E-state index in [2.05, 4.69) is 0 Å². The second-order valence-electron chi connectivity index (χ2n) is 4.49. The molecule has 2 rings (SSSR count). The van der Waals surface area contributed by atoms with E-state index in [1.54, 1.807) is 32.4 Å². The van der Waals surface area contributed by atoms with Crippen molar-refractivity contribution in [3.05, 3.63) is 23.8 Å². The van der Waals surface area contributed by atoms with Crippen LogP contribution in [-0.4, -0.2) is 20.0 Å². The molecule has 1 aliphatic carbocycles. The Hall–Kier alpha value is -1.51. The summed E-state index contributed by atoms with van der Waals surface area (Å²) in [7, 11) is 3.18. The molecule has 1 aromatic rings. The average molecular weight is 234 g/mol. The molecule has 0 radical (unpaired) electrons. The Kier molecular flexibility index (Phi) is 3.67. The fourth-order valence-corrected chi connectivity index (χ4v) is 2.10. The first-order valence-electron chi connectivity index (χ1n) is 6.00. The van der Waals surface area contributed by atoms with Gasteiger partial charge in [0.05, 0.1) is 19.8 Å². The lowest BCUT2D eigenvalue weighted by atomic mass is 9.81. The van der Waals surface area contributed by atoms with Crippen molar-refractivity contribution in [3.8, 4) is 11.5 Å². The van der Waals surface area contributed by atoms with Gasteiger partial charge >= 0.3 is 0 Å². The van der Waals surface area contributed by atoms with E-state index in [0.29, 0.717) is 29.4 Å². The molecule has 1 fully saturated rings. The molecule has 0 N–H and O–H groups in total. The number of rotatable bonds is 5. The van der Waals surface area contributed by atoms with Crippen molar-refractivity contribution in [1.29, 1.82) is 0 Å². The summed E-state index contributed by atoms with van der Waals surface area (Å²) in [4.78, 5) is 12.1. The van der Waals surface area contributed by atoms with Gasteiger partial charge in [0.2, 0.25) is 0 Å². The third-order valence-electron chi connectivity index (χ3n) is 3.41. The zero-order chi connectivity index (χ0) is 12.3. The Morgan fingerprint density at radius 2 is 2.06 bits per heavy atom. The monoisotopic (exact) mass is 234 g/mol. The molecule has 0 aliphatic heterocycles. The van der Waals surface area contributed by atoms with Gasteiger partial charge in [0.1, 0.15) is 11.5 Å². The first-order valence-corrected chi connectivity index (χ1v) is 6.00. The summed E-state index contributed by atoms with van der Waals surface area (Å²) in [6, 6.07) is 5.35. The van der Waals surface area contributed by atoms with Gasteiger partial charge in [0.25, 0.3) is 0 Å². The maximum Gasteiger partial charge on any atom is 0.166 e. The van der Waals surface area contributed by atoms with E-state index >= 15 is 0 Å². The van der Waals surface area contributed by atoms with E-state index in [9.17, 15) is 4.79 Å². The van der Waals surface area contributed by atoms with Crippen LogP contribution in [0.4, 0.5) is 0 Å². The van der Waals surface area contributed by atoms with Crippen LogP contribution >= 0.6 is 0 Å². The van der Waals surface area contributed by atoms with Crippen LogP contribution in [0.5, 0.6) is 11.5 Å². The van der Waals surface area contributed by atoms with Gasteiger partial charge < -0.3 is 9.47 Å². The van der Waals surface area contributed by atoms with Gasteiger partial charge in [0.15, 0.2) is 5.78 Å². The summed E-state index contributed by atoms with van der Waals surface area (Å²) in [5.74, 6) is 2.07. The second-order valence-corrected chi connectivity index (χ2v) is 4.49. The Morgan fingerprint density at radius 3 is 2.59 bits per heavy atom. The lowest BCUT2D eigenvalue weighted by Crippen LogP contribution is -2.16. The number of Topliss-reactive ketones (excluding diaryl/α,β-unsaturated/α-hetero) is 1. The van der Waals surface area contributed by atoms with Gasteiger partial charge in [-0.3, -0.25) is 4.79 Å². The summed E-state index contributed by atoms with van der Waals surface area (Å²) in [5.41, 5.74) is 0.667. The lowest BCUT2D eigenvalue weighted by molar-refractivity contribution is 0.0933. The number of methoxy groups -OCH3 is 2. The number of benzene rings is 1. The Bertz CT molecular complexity index is 408. The van der Waals surface area contributed by atoms with E-state index in [0.717, 1.165) is 0 Å². The SMILES string of the molecule is COc1ccc(C(=O)CC2CCC2)c(OC)c1. The molecule has 0 spiro atoms. The Balaban J connectivity index is 2.15. The van der Waals surface area contributed by atoms with Crippen molar-refractivity contribution >= 4 is 5.78 Å². The minimum absolute atomic E-state index is 0.175. The molecular formula is C14H18O3. The van der Waals surface area contributed by atoms with Crippen LogP contribution < -0.4 is 9.47 Å². The highest BCUT2D eigenvalue weighted by Crippen LogP contribution is 2.33. The van der Waals surface area contributed by atoms with E-state index < -0.39 is 0 Å². The van der Waals surface area contributed by atoms with Crippen LogP contribution in [0.2, 0.25) is 0 Å². The summed E-state index contributed by atoms with van der Waals surface area (Å²) in [6.45, 7) is 0. The van der Waals surface area contributed by atoms with Crippen molar-refractivity contribution in [3.63, 3.8) is 0 Å². The predicted molar refractivity (Wildman–Crippen MR) is 65.8 cm³/mol. The smallest absolute Gasteiger partial charge is 0.166 e. The average Bonchev–Trinajstić information content (AvgIpc) is 2.32. The van der Waals surface area contributed by atoms with E-state index in [1.807, 2.05) is 0 Å². The molecular weight excluding hydrogens is 216 g/mol. The summed E-state index contributed by atoms with van der Waals surface area (Å²) >= 11 is 0. The van der Waals surface area contributed by atoms with Gasteiger partial charge in [-0.05, 0) is 18.1 Å². The molecule has 17 heavy (non-hydrogen) atoms. The van der Waals surface area contributed by atoms with Crippen molar-refractivity contribution in [2.24, 2.45) is 5.92 Å². The molecule has 0 amide bonds. The molecule has 0 bridgehead atoms. The number of carbonyl (C=O) groups is 1. The van der Waals surface area contributed by atoms with Crippen molar-refractivity contribution < 1.29 is 14.3 Å². The number of ketones is 1. The molecule has 0 aromatic heterocycles. The number of carbonyl (C=O) groups excluding carboxylic acids is 1. The summed E-state index contributed by atoms with van der Waals surface area (Å²) in [5, 5.41) is 0. The van der Waals surface area contributed by atoms with Gasteiger partial charge in [-0.1, -0.05) is 19.3 Å². The van der Waals surface area contributed by atoms with Crippen LogP contribution in [0.1, 0.15) is 36.0 Å². The third kappa shape index (κ3) is 2.60. The van der Waals surface area contributed by atoms with Crippen LogP contribution in [0.3, 0.4) is 0 Å². The van der Waals surface area contributed by atoms with Gasteiger partial charge in [-0.25, -0.2) is 0 Å². The van der Waals surface area contributed by atoms with Crippen LogP contribution in [0, 0.1) is 5.92 Å². The highest BCUT2D eigenvalue weighted by molar-refractivity contribution is 5.99. The minimum atomic E-state index is 0.175. The highest BCUT2D eigenvalue weighted by atomic mass is 16.5. The Morgan fingerprint density at radius 1 is 1.29 bits per heavy atom. The molecule has 3 nitrogen and oxygen atoms in total. The van der Waals surface area contributed by atoms with Gasteiger partial charge in [0, 0.05) is 12.5 Å². The van der Waals surface area contributed by atoms with Crippen molar-refractivity contribution in [1.82, 2.24) is 0 Å². The zero-order valence-electron chi connectivity index (χ0n) is 10.4. The van der Waals surface area contributed by atoms with Crippen LogP contribution in [-0.2, 0) is 0 Å². The topological polar surface area (TPSA) is 35.5 Å². The lowest BCUT2D eigenvalue weighted by Gasteiger charge is -2.24. The van der Waals surface area contributed by atoms with Crippen LogP contribution in [0.25, 0.3) is 0 Å². The number of hydrogen-bond donors (Lipinski definition) is 0. The number of ether oxygens (including phenoxy) is 2. The first-order chi connectivity index (χ1) is 8.24. The Labute approximate surface area is 102 Å². The van der Waals surface area contributed by atoms with Gasteiger partial charge in [-0.15, -0.1) is 0 Å². The molecule has 1 aliphatic rings. The first kappa shape index (κ1) is 12.0. The maximum atomic E-state index is 12.1. The molecule has 0 heterocycles. The molecule has 1 aromatic carbocycles. The normalized spacial score (nSPS) is 15.2. The highest BCUT2D eigenvalue weighted by Gasteiger charge is 2.23. The minimum Gasteiger partial charge on any atom is -0.497 e. The third-order valence-corrected chi connectivity index (χ3v) is 3.41. The zero-order valence-corrected chi connectivity index (χ0v) is 10.4. The van der Waals surface area contributed by atoms with Crippen molar-refractivity contribution in [2.75, 3.05) is 14.2 Å². The molecule has 3 heteroatoms. The van der Waals surface area contributed by atoms with Gasteiger partial charge in [-0.2, -0.15) is 0 Å². The predicted octanol–water partition coefficient (Wildman–Crippen LogP) is 3.08. The van der Waals surface area contributed by atoms with E-state index in [4.69, 9.17) is 9.47 Å². The van der Waals surface area contributed by atoms with E-state index in [1.165, 1.54) is 19.3 Å². The summed E-state index contributed by atoms with van der Waals surface area (Å²) in [6.07, 6.45) is 4.27. The van der Waals surface area contributed by atoms with Crippen LogP contribution in [0.15, 0.2) is 18.2 Å². The van der Waals surface area contributed by atoms with Crippen molar-refractivity contribution in [2.45, 2.75) is 25.7 Å². The molecule has 1 saturated carbocycles.